The third kappa shape index (κ3) is 3.65. The van der Waals surface area contributed by atoms with Crippen molar-refractivity contribution in [2.45, 2.75) is 12.3 Å². The van der Waals surface area contributed by atoms with Crippen LogP contribution in [0.1, 0.15) is 27.0 Å². The number of aromatic nitrogens is 2. The number of hydrogen-bond donors (Lipinski definition) is 3. The highest BCUT2D eigenvalue weighted by molar-refractivity contribution is 6.00. The minimum atomic E-state index is -1.72. The van der Waals surface area contributed by atoms with Crippen LogP contribution in [0.2, 0.25) is 0 Å². The van der Waals surface area contributed by atoms with Crippen LogP contribution in [-0.4, -0.2) is 45.3 Å². The van der Waals surface area contributed by atoms with E-state index >= 15 is 0 Å². The van der Waals surface area contributed by atoms with Crippen molar-refractivity contribution in [3.05, 3.63) is 95.1 Å². The van der Waals surface area contributed by atoms with Crippen LogP contribution in [0.3, 0.4) is 0 Å². The van der Waals surface area contributed by atoms with Crippen molar-refractivity contribution in [2.24, 2.45) is 0 Å². The lowest BCUT2D eigenvalue weighted by Crippen LogP contribution is -2.44. The smallest absolute Gasteiger partial charge is 0.414 e. The lowest BCUT2D eigenvalue weighted by Gasteiger charge is -2.35. The molecule has 172 valence electrons. The van der Waals surface area contributed by atoms with Crippen LogP contribution in [0.15, 0.2) is 72.8 Å². The molecule has 3 N–H and O–H groups in total. The van der Waals surface area contributed by atoms with Crippen LogP contribution in [0.25, 0.3) is 11.0 Å². The van der Waals surface area contributed by atoms with Gasteiger partial charge in [-0.1, -0.05) is 54.6 Å². The van der Waals surface area contributed by atoms with Crippen molar-refractivity contribution in [3.8, 4) is 0 Å². The third-order valence-electron chi connectivity index (χ3n) is 5.77. The Balaban J connectivity index is 1.54. The maximum Gasteiger partial charge on any atom is 0.414 e. The van der Waals surface area contributed by atoms with E-state index in [2.05, 4.69) is 20.0 Å². The van der Waals surface area contributed by atoms with Crippen molar-refractivity contribution in [2.75, 3.05) is 18.6 Å². The zero-order valence-electron chi connectivity index (χ0n) is 18.0. The van der Waals surface area contributed by atoms with Gasteiger partial charge in [-0.15, -0.1) is 0 Å². The molecule has 1 atom stereocenters. The number of imidazole rings is 1. The van der Waals surface area contributed by atoms with Crippen LogP contribution in [0, 0.1) is 0 Å². The van der Waals surface area contributed by atoms with E-state index in [1.807, 2.05) is 30.3 Å². The zero-order chi connectivity index (χ0) is 23.7. The second-order valence-corrected chi connectivity index (χ2v) is 7.86. The summed E-state index contributed by atoms with van der Waals surface area (Å²) in [6.45, 7) is -0.931. The number of alkyl halides is 1. The molecule has 0 saturated heterocycles. The van der Waals surface area contributed by atoms with Crippen molar-refractivity contribution in [3.63, 3.8) is 0 Å². The molecule has 1 aromatic heterocycles. The Morgan fingerprint density at radius 1 is 1.12 bits per heavy atom. The molecule has 2 amide bonds. The molecule has 9 heteroatoms. The number of hydrogen-bond acceptors (Lipinski definition) is 5. The highest BCUT2D eigenvalue weighted by atomic mass is 19.1. The summed E-state index contributed by atoms with van der Waals surface area (Å²) in [6.07, 6.45) is -0.833. The Kier molecular flexibility index (Phi) is 5.46. The van der Waals surface area contributed by atoms with Gasteiger partial charge in [-0.2, -0.15) is 0 Å². The molecule has 2 heterocycles. The van der Waals surface area contributed by atoms with Gasteiger partial charge in [0.05, 0.1) is 11.0 Å². The number of nitrogens with zero attached hydrogens (tertiary/aromatic N) is 2. The SMILES string of the molecule is O=C(Nc1nc2cc(C3(O)c4ccccc4C(=O)N3Cc3ccccc3)ccc2[nH]1)OCCF. The molecule has 1 unspecified atom stereocenters. The van der Waals surface area contributed by atoms with Crippen LogP contribution >= 0.6 is 0 Å². The molecule has 0 radical (unpaired) electrons. The molecule has 0 saturated carbocycles. The Hall–Kier alpha value is -4.24. The van der Waals surface area contributed by atoms with Crippen LogP contribution in [0.4, 0.5) is 15.1 Å². The topological polar surface area (TPSA) is 108 Å². The number of nitrogens with one attached hydrogen (secondary N) is 2. The van der Waals surface area contributed by atoms with Gasteiger partial charge in [-0.25, -0.2) is 14.2 Å². The van der Waals surface area contributed by atoms with Crippen molar-refractivity contribution in [1.82, 2.24) is 14.9 Å². The van der Waals surface area contributed by atoms with Gasteiger partial charge in [0.1, 0.15) is 13.3 Å². The number of amides is 2. The fourth-order valence-electron chi connectivity index (χ4n) is 4.22. The molecule has 3 aromatic carbocycles. The third-order valence-corrected chi connectivity index (χ3v) is 5.77. The Morgan fingerprint density at radius 2 is 1.88 bits per heavy atom. The second-order valence-electron chi connectivity index (χ2n) is 7.86. The molecular formula is C25H21FN4O4. The predicted octanol–water partition coefficient (Wildman–Crippen LogP) is 3.93. The molecule has 1 aliphatic heterocycles. The van der Waals surface area contributed by atoms with Gasteiger partial charge in [0.15, 0.2) is 5.72 Å². The average molecular weight is 460 g/mol. The van der Waals surface area contributed by atoms with E-state index in [1.54, 1.807) is 42.5 Å². The molecular weight excluding hydrogens is 439 g/mol. The van der Waals surface area contributed by atoms with Gasteiger partial charge >= 0.3 is 6.09 Å². The average Bonchev–Trinajstić information content (AvgIpc) is 3.35. The number of fused-ring (bicyclic) bond motifs is 2. The summed E-state index contributed by atoms with van der Waals surface area (Å²) in [5.41, 5.74) is 1.58. The number of carbonyl (C=O) groups is 2. The Bertz CT molecular complexity index is 1370. The summed E-state index contributed by atoms with van der Waals surface area (Å²) in [6, 6.07) is 21.5. The lowest BCUT2D eigenvalue weighted by atomic mass is 9.93. The maximum atomic E-state index is 13.3. The summed E-state index contributed by atoms with van der Waals surface area (Å²) < 4.78 is 16.9. The number of rotatable bonds is 6. The summed E-state index contributed by atoms with van der Waals surface area (Å²) in [5, 5.41) is 14.5. The highest BCUT2D eigenvalue weighted by Gasteiger charge is 2.49. The minimum Gasteiger partial charge on any atom is -0.446 e. The second kappa shape index (κ2) is 8.60. The van der Waals surface area contributed by atoms with Gasteiger partial charge in [-0.05, 0) is 23.8 Å². The fourth-order valence-corrected chi connectivity index (χ4v) is 4.22. The number of aliphatic hydroxyl groups is 1. The Morgan fingerprint density at radius 3 is 2.68 bits per heavy atom. The molecule has 0 aliphatic carbocycles. The van der Waals surface area contributed by atoms with E-state index in [4.69, 9.17) is 0 Å². The van der Waals surface area contributed by atoms with E-state index in [0.29, 0.717) is 27.7 Å². The first kappa shape index (κ1) is 21.6. The van der Waals surface area contributed by atoms with Crippen molar-refractivity contribution in [1.29, 1.82) is 0 Å². The highest BCUT2D eigenvalue weighted by Crippen LogP contribution is 2.43. The first-order chi connectivity index (χ1) is 16.5. The molecule has 8 nitrogen and oxygen atoms in total. The summed E-state index contributed by atoms with van der Waals surface area (Å²) in [7, 11) is 0. The van der Waals surface area contributed by atoms with Gasteiger partial charge in [-0.3, -0.25) is 15.0 Å². The molecule has 34 heavy (non-hydrogen) atoms. The minimum absolute atomic E-state index is 0.118. The molecule has 0 fully saturated rings. The maximum absolute atomic E-state index is 13.3. The predicted molar refractivity (Wildman–Crippen MR) is 123 cm³/mol. The standard InChI is InChI=1S/C25H21FN4O4/c26-12-13-34-24(32)29-23-27-20-11-10-17(14-21(20)28-23)25(33)19-9-5-4-8-18(19)22(31)30(25)15-16-6-2-1-3-7-16/h1-11,14,33H,12-13,15H2,(H2,27,28,29,32). The normalized spacial score (nSPS) is 17.1. The van der Waals surface area contributed by atoms with E-state index in [-0.39, 0.29) is 25.0 Å². The van der Waals surface area contributed by atoms with Gasteiger partial charge in [0.25, 0.3) is 5.91 Å². The number of aromatic amines is 1. The molecule has 1 aliphatic rings. The fraction of sp³-hybridized carbons (Fsp3) is 0.160. The summed E-state index contributed by atoms with van der Waals surface area (Å²) >= 11 is 0. The Labute approximate surface area is 194 Å². The molecule has 0 spiro atoms. The van der Waals surface area contributed by atoms with E-state index in [0.717, 1.165) is 5.56 Å². The number of H-pyrrole nitrogens is 1. The van der Waals surface area contributed by atoms with E-state index < -0.39 is 18.5 Å². The lowest BCUT2D eigenvalue weighted by molar-refractivity contribution is -0.0542. The van der Waals surface area contributed by atoms with Crippen LogP contribution in [0.5, 0.6) is 0 Å². The van der Waals surface area contributed by atoms with Crippen molar-refractivity contribution >= 4 is 29.0 Å². The summed E-state index contributed by atoms with van der Waals surface area (Å²) in [5.74, 6) is -0.158. The number of carbonyl (C=O) groups excluding carboxylic acids is 2. The monoisotopic (exact) mass is 460 g/mol. The molecule has 4 aromatic rings. The van der Waals surface area contributed by atoms with Crippen LogP contribution < -0.4 is 5.32 Å². The quantitative estimate of drug-likeness (QED) is 0.404. The number of halogens is 1. The summed E-state index contributed by atoms with van der Waals surface area (Å²) in [4.78, 5) is 33.7. The molecule has 5 rings (SSSR count). The van der Waals surface area contributed by atoms with Crippen molar-refractivity contribution < 1.29 is 23.8 Å². The van der Waals surface area contributed by atoms with E-state index in [9.17, 15) is 19.1 Å². The van der Waals surface area contributed by atoms with Gasteiger partial charge < -0.3 is 14.8 Å². The first-order valence-corrected chi connectivity index (χ1v) is 10.7. The first-order valence-electron chi connectivity index (χ1n) is 10.7. The largest absolute Gasteiger partial charge is 0.446 e. The van der Waals surface area contributed by atoms with Gasteiger partial charge in [0, 0.05) is 23.2 Å². The van der Waals surface area contributed by atoms with Gasteiger partial charge in [0.2, 0.25) is 5.95 Å². The number of anilines is 1. The number of ether oxygens (including phenoxy) is 1. The van der Waals surface area contributed by atoms with Crippen LogP contribution in [-0.2, 0) is 17.0 Å². The number of benzene rings is 3. The molecule has 0 bridgehead atoms. The zero-order valence-corrected chi connectivity index (χ0v) is 18.0. The van der Waals surface area contributed by atoms with E-state index in [1.165, 1.54) is 4.90 Å².